The molecule has 0 radical (unpaired) electrons. The molecule has 0 spiro atoms. The van der Waals surface area contributed by atoms with Crippen LogP contribution in [0.1, 0.15) is 34.0 Å². The van der Waals surface area contributed by atoms with Crippen LogP contribution in [0, 0.1) is 5.92 Å². The summed E-state index contributed by atoms with van der Waals surface area (Å²) in [4.78, 5) is 46.0. The van der Waals surface area contributed by atoms with Crippen molar-refractivity contribution in [3.05, 3.63) is 130 Å². The number of amides is 2. The third-order valence-corrected chi connectivity index (χ3v) is 9.24. The molecule has 2 bridgehead atoms. The van der Waals surface area contributed by atoms with Crippen LogP contribution in [-0.4, -0.2) is 60.5 Å². The van der Waals surface area contributed by atoms with E-state index in [1.54, 1.807) is 12.1 Å². The van der Waals surface area contributed by atoms with Crippen LogP contribution in [0.5, 0.6) is 0 Å². The molecule has 2 amide bonds. The van der Waals surface area contributed by atoms with Crippen molar-refractivity contribution < 1.29 is 9.59 Å². The van der Waals surface area contributed by atoms with Gasteiger partial charge >= 0.3 is 0 Å². The first-order valence-corrected chi connectivity index (χ1v) is 15.7. The van der Waals surface area contributed by atoms with Crippen molar-refractivity contribution >= 4 is 35.0 Å². The zero-order valence-corrected chi connectivity index (χ0v) is 25.2. The molecular weight excluding hydrogens is 562 g/mol. The second-order valence-electron chi connectivity index (χ2n) is 12.2. The number of carbonyl (C=O) groups excluding carboxylic acids is 2. The van der Waals surface area contributed by atoms with Crippen LogP contribution in [0.15, 0.2) is 108 Å². The molecule has 8 nitrogen and oxygen atoms in total. The third-order valence-electron chi connectivity index (χ3n) is 9.24. The fraction of sp³-hybridized carbons (Fsp3) is 0.270. The number of piperazine rings is 1. The quantitative estimate of drug-likeness (QED) is 0.313. The molecule has 1 N–H and O–H groups in total. The van der Waals surface area contributed by atoms with E-state index in [1.165, 1.54) is 11.8 Å². The molecule has 3 aliphatic heterocycles. The monoisotopic (exact) mass is 599 g/mol. The van der Waals surface area contributed by atoms with Gasteiger partial charge in [0.1, 0.15) is 0 Å². The van der Waals surface area contributed by atoms with Gasteiger partial charge in [0.2, 0.25) is 5.91 Å². The molecule has 8 heteroatoms. The highest BCUT2D eigenvalue weighted by Crippen LogP contribution is 2.39. The van der Waals surface area contributed by atoms with Crippen LogP contribution >= 0.6 is 0 Å². The van der Waals surface area contributed by atoms with Crippen LogP contribution in [0.2, 0.25) is 0 Å². The van der Waals surface area contributed by atoms with Crippen LogP contribution in [0.25, 0.3) is 6.08 Å². The summed E-state index contributed by atoms with van der Waals surface area (Å²) in [5, 5.41) is 3.10. The van der Waals surface area contributed by atoms with Crippen molar-refractivity contribution in [3.8, 4) is 0 Å². The summed E-state index contributed by atoms with van der Waals surface area (Å²) < 4.78 is 1.92. The molecule has 2 unspecified atom stereocenters. The number of para-hydroxylation sites is 1. The Morgan fingerprint density at radius 1 is 0.756 bits per heavy atom. The van der Waals surface area contributed by atoms with E-state index in [1.807, 2.05) is 82.3 Å². The maximum absolute atomic E-state index is 13.7. The fourth-order valence-corrected chi connectivity index (χ4v) is 7.04. The van der Waals surface area contributed by atoms with E-state index >= 15 is 0 Å². The van der Waals surface area contributed by atoms with Crippen molar-refractivity contribution in [3.63, 3.8) is 0 Å². The average Bonchev–Trinajstić information content (AvgIpc) is 3.08. The highest BCUT2D eigenvalue weighted by Gasteiger charge is 2.35. The normalized spacial score (nSPS) is 19.3. The molecule has 7 rings (SSSR count). The minimum atomic E-state index is -0.254. The molecule has 1 aromatic heterocycles. The van der Waals surface area contributed by atoms with Gasteiger partial charge in [0.15, 0.2) is 0 Å². The second kappa shape index (κ2) is 12.5. The predicted molar refractivity (Wildman–Crippen MR) is 179 cm³/mol. The molecule has 3 aromatic carbocycles. The number of aromatic nitrogens is 1. The van der Waals surface area contributed by atoms with E-state index in [4.69, 9.17) is 0 Å². The second-order valence-corrected chi connectivity index (χ2v) is 12.2. The minimum Gasteiger partial charge on any atom is -0.369 e. The van der Waals surface area contributed by atoms with Gasteiger partial charge in [-0.15, -0.1) is 0 Å². The fourth-order valence-electron chi connectivity index (χ4n) is 7.04. The van der Waals surface area contributed by atoms with E-state index in [-0.39, 0.29) is 23.3 Å². The molecule has 2 fully saturated rings. The first-order valence-electron chi connectivity index (χ1n) is 15.7. The molecule has 2 saturated heterocycles. The molecule has 2 atom stereocenters. The highest BCUT2D eigenvalue weighted by atomic mass is 16.2. The Morgan fingerprint density at radius 3 is 2.29 bits per heavy atom. The Morgan fingerprint density at radius 2 is 1.51 bits per heavy atom. The number of rotatable bonds is 6. The number of carbonyl (C=O) groups is 2. The van der Waals surface area contributed by atoms with Crippen LogP contribution < -0.4 is 20.7 Å². The Hall–Kier alpha value is -5.11. The Labute approximate surface area is 263 Å². The lowest BCUT2D eigenvalue weighted by atomic mass is 9.83. The maximum Gasteiger partial charge on any atom is 0.254 e. The average molecular weight is 600 g/mol. The van der Waals surface area contributed by atoms with Gasteiger partial charge in [0.05, 0.1) is 11.4 Å². The minimum absolute atomic E-state index is 0.0339. The van der Waals surface area contributed by atoms with Gasteiger partial charge < -0.3 is 24.6 Å². The van der Waals surface area contributed by atoms with Gasteiger partial charge in [0.25, 0.3) is 11.5 Å². The predicted octanol–water partition coefficient (Wildman–Crippen LogP) is 5.09. The number of fused-ring (bicyclic) bond motifs is 4. The highest BCUT2D eigenvalue weighted by molar-refractivity contribution is 6.05. The van der Waals surface area contributed by atoms with Crippen molar-refractivity contribution in [2.45, 2.75) is 18.9 Å². The van der Waals surface area contributed by atoms with Gasteiger partial charge in [-0.2, -0.15) is 0 Å². The number of hydrogen-bond donors (Lipinski definition) is 1. The van der Waals surface area contributed by atoms with Crippen LogP contribution in [-0.2, 0) is 11.3 Å². The lowest BCUT2D eigenvalue weighted by Crippen LogP contribution is -2.49. The van der Waals surface area contributed by atoms with Gasteiger partial charge in [-0.25, -0.2) is 0 Å². The summed E-state index contributed by atoms with van der Waals surface area (Å²) in [5.41, 5.74) is 5.30. The lowest BCUT2D eigenvalue weighted by Gasteiger charge is -2.44. The summed E-state index contributed by atoms with van der Waals surface area (Å²) in [6.45, 7) is 4.99. The first-order chi connectivity index (χ1) is 22.0. The number of hydrogen-bond acceptors (Lipinski definition) is 5. The zero-order chi connectivity index (χ0) is 30.8. The number of piperidine rings is 1. The van der Waals surface area contributed by atoms with Crippen LogP contribution in [0.4, 0.5) is 17.1 Å². The summed E-state index contributed by atoms with van der Waals surface area (Å²) >= 11 is 0. The number of nitrogens with one attached hydrogen (secondary N) is 1. The number of anilines is 3. The lowest BCUT2D eigenvalue weighted by molar-refractivity contribution is -0.111. The van der Waals surface area contributed by atoms with Gasteiger partial charge in [-0.3, -0.25) is 14.4 Å². The molecule has 0 aliphatic carbocycles. The molecule has 3 aliphatic rings. The van der Waals surface area contributed by atoms with Crippen molar-refractivity contribution in [1.82, 2.24) is 9.47 Å². The molecular formula is C37H37N5O3. The summed E-state index contributed by atoms with van der Waals surface area (Å²) in [7, 11) is 0. The Bertz CT molecular complexity index is 1780. The zero-order valence-electron chi connectivity index (χ0n) is 25.2. The van der Waals surface area contributed by atoms with E-state index in [9.17, 15) is 14.4 Å². The SMILES string of the molecule is O=C(C=Cc1ccccc1)Nc1cc(C(=O)N2CCN(c3ccccc3)CC2)ccc1N1CC2CC(C1)c1cccc(=O)n1C2. The maximum atomic E-state index is 13.7. The molecule has 4 aromatic rings. The van der Waals surface area contributed by atoms with Gasteiger partial charge in [-0.1, -0.05) is 54.6 Å². The Balaban J connectivity index is 1.14. The Kier molecular flexibility index (Phi) is 7.94. The number of nitrogens with zero attached hydrogens (tertiary/aromatic N) is 4. The van der Waals surface area contributed by atoms with Gasteiger partial charge in [-0.05, 0) is 60.4 Å². The van der Waals surface area contributed by atoms with Crippen molar-refractivity contribution in [2.24, 2.45) is 5.92 Å². The van der Waals surface area contributed by atoms with Crippen LogP contribution in [0.3, 0.4) is 0 Å². The van der Waals surface area contributed by atoms with Gasteiger partial charge in [0, 0.05) is 80.8 Å². The molecule has 228 valence electrons. The molecule has 45 heavy (non-hydrogen) atoms. The summed E-state index contributed by atoms with van der Waals surface area (Å²) in [6, 6.07) is 31.2. The number of benzene rings is 3. The smallest absolute Gasteiger partial charge is 0.254 e. The number of pyridine rings is 1. The molecule has 4 heterocycles. The summed E-state index contributed by atoms with van der Waals surface area (Å²) in [6.07, 6.45) is 4.35. The summed E-state index contributed by atoms with van der Waals surface area (Å²) in [5.74, 6) is 0.249. The largest absolute Gasteiger partial charge is 0.369 e. The first kappa shape index (κ1) is 28.6. The topological polar surface area (TPSA) is 77.9 Å². The van der Waals surface area contributed by atoms with Crippen molar-refractivity contribution in [2.75, 3.05) is 54.4 Å². The van der Waals surface area contributed by atoms with E-state index in [0.717, 1.165) is 49.5 Å². The third kappa shape index (κ3) is 6.13. The van der Waals surface area contributed by atoms with E-state index in [0.29, 0.717) is 36.8 Å². The standard InChI is InChI=1S/C37H37N5O3/c43-35(17-14-27-8-3-1-4-9-27)38-32-23-29(37(45)40-20-18-39(19-21-40)31-10-5-2-6-11-31)15-16-34(32)41-24-28-22-30(26-41)33-12-7-13-36(44)42(33)25-28/h1-17,23,28,30H,18-22,24-26H2,(H,38,43). The van der Waals surface area contributed by atoms with E-state index < -0.39 is 0 Å². The molecule has 0 saturated carbocycles. The van der Waals surface area contributed by atoms with E-state index in [2.05, 4.69) is 33.3 Å². The van der Waals surface area contributed by atoms with Crippen molar-refractivity contribution in [1.29, 1.82) is 0 Å².